The van der Waals surface area contributed by atoms with E-state index in [1.807, 2.05) is 0 Å². The first-order chi connectivity index (χ1) is 12.1. The quantitative estimate of drug-likeness (QED) is 0.272. The lowest BCUT2D eigenvalue weighted by molar-refractivity contribution is -0.170. The molecule has 0 aliphatic heterocycles. The molecule has 0 bridgehead atoms. The minimum Gasteiger partial charge on any atom is -0.467 e. The second kappa shape index (κ2) is 11.9. The van der Waals surface area contributed by atoms with Crippen LogP contribution >= 0.6 is 0 Å². The van der Waals surface area contributed by atoms with Crippen LogP contribution in [-0.4, -0.2) is 61.8 Å². The summed E-state index contributed by atoms with van der Waals surface area (Å²) in [5.41, 5.74) is 0. The van der Waals surface area contributed by atoms with E-state index in [1.54, 1.807) is 0 Å². The van der Waals surface area contributed by atoms with Gasteiger partial charge in [-0.3, -0.25) is 24.0 Å². The summed E-state index contributed by atoms with van der Waals surface area (Å²) in [4.78, 5) is 56.1. The summed E-state index contributed by atoms with van der Waals surface area (Å²) in [5.74, 6) is -4.68. The van der Waals surface area contributed by atoms with Crippen LogP contribution in [0.4, 0.5) is 4.39 Å². The molecule has 0 aliphatic rings. The first-order valence-corrected chi connectivity index (χ1v) is 7.83. The van der Waals surface area contributed by atoms with Crippen LogP contribution in [0.15, 0.2) is 0 Å². The highest BCUT2D eigenvalue weighted by atomic mass is 19.1. The average Bonchev–Trinajstić information content (AvgIpc) is 2.55. The molecule has 9 nitrogen and oxygen atoms in total. The predicted octanol–water partition coefficient (Wildman–Crippen LogP) is 0.519. The SMILES string of the molecule is CCC(OC(C)=O)C(F)C(OC(C)=O)C(COC=O)C(=O)COC(C)=O. The van der Waals surface area contributed by atoms with E-state index in [2.05, 4.69) is 9.47 Å². The highest BCUT2D eigenvalue weighted by Crippen LogP contribution is 2.23. The molecule has 0 heterocycles. The number of hydrogen-bond acceptors (Lipinski definition) is 9. The van der Waals surface area contributed by atoms with E-state index in [1.165, 1.54) is 6.92 Å². The number of esters is 3. The monoisotopic (exact) mass is 378 g/mol. The standard InChI is InChI=1S/C16H23FO9/c1-5-14(25-10(3)20)15(17)16(26-11(4)21)12(6-23-8-18)13(22)7-24-9(2)19/h8,12,14-16H,5-7H2,1-4H3. The third-order valence-corrected chi connectivity index (χ3v) is 3.26. The van der Waals surface area contributed by atoms with Crippen LogP contribution in [0.1, 0.15) is 34.1 Å². The molecule has 0 aromatic heterocycles. The van der Waals surface area contributed by atoms with Crippen LogP contribution in [0.25, 0.3) is 0 Å². The van der Waals surface area contributed by atoms with Crippen LogP contribution in [0.2, 0.25) is 0 Å². The van der Waals surface area contributed by atoms with E-state index >= 15 is 0 Å². The molecule has 4 unspecified atom stereocenters. The van der Waals surface area contributed by atoms with Gasteiger partial charge in [0.25, 0.3) is 6.47 Å². The molecule has 0 radical (unpaired) electrons. The molecule has 0 spiro atoms. The van der Waals surface area contributed by atoms with E-state index in [0.29, 0.717) is 0 Å². The molecule has 0 N–H and O–H groups in total. The molecule has 0 amide bonds. The third-order valence-electron chi connectivity index (χ3n) is 3.26. The van der Waals surface area contributed by atoms with Gasteiger partial charge in [-0.25, -0.2) is 4.39 Å². The molecule has 0 fully saturated rings. The number of rotatable bonds is 12. The van der Waals surface area contributed by atoms with Crippen molar-refractivity contribution in [2.24, 2.45) is 5.92 Å². The maximum Gasteiger partial charge on any atom is 0.303 e. The largest absolute Gasteiger partial charge is 0.467 e. The van der Waals surface area contributed by atoms with Gasteiger partial charge in [-0.15, -0.1) is 0 Å². The number of carbonyl (C=O) groups is 5. The topological polar surface area (TPSA) is 122 Å². The zero-order chi connectivity index (χ0) is 20.3. The van der Waals surface area contributed by atoms with Crippen molar-refractivity contribution in [2.45, 2.75) is 52.5 Å². The average molecular weight is 378 g/mol. The number of Topliss-reactive ketones (excluding diaryl/α,β-unsaturated/α-hetero) is 1. The normalized spacial score (nSPS) is 15.0. The molecule has 4 atom stereocenters. The number of alkyl halides is 1. The summed E-state index contributed by atoms with van der Waals surface area (Å²) in [5, 5.41) is 0. The van der Waals surface area contributed by atoms with Crippen molar-refractivity contribution in [3.63, 3.8) is 0 Å². The summed E-state index contributed by atoms with van der Waals surface area (Å²) in [6, 6.07) is 0. The van der Waals surface area contributed by atoms with Gasteiger partial charge in [0.2, 0.25) is 0 Å². The Morgan fingerprint density at radius 3 is 2.00 bits per heavy atom. The fraction of sp³-hybridized carbons (Fsp3) is 0.688. The predicted molar refractivity (Wildman–Crippen MR) is 83.4 cm³/mol. The van der Waals surface area contributed by atoms with E-state index in [-0.39, 0.29) is 12.9 Å². The number of ketones is 1. The van der Waals surface area contributed by atoms with Crippen molar-refractivity contribution in [1.82, 2.24) is 0 Å². The Morgan fingerprint density at radius 2 is 1.58 bits per heavy atom. The van der Waals surface area contributed by atoms with E-state index < -0.39 is 61.2 Å². The van der Waals surface area contributed by atoms with Crippen molar-refractivity contribution < 1.29 is 47.3 Å². The molecule has 0 aromatic carbocycles. The molecule has 0 saturated carbocycles. The summed E-state index contributed by atoms with van der Waals surface area (Å²) >= 11 is 0. The maximum absolute atomic E-state index is 14.9. The summed E-state index contributed by atoms with van der Waals surface area (Å²) in [6.45, 7) is 3.38. The lowest BCUT2D eigenvalue weighted by atomic mass is 9.91. The Kier molecular flexibility index (Phi) is 10.8. The van der Waals surface area contributed by atoms with Gasteiger partial charge in [0.15, 0.2) is 18.6 Å². The summed E-state index contributed by atoms with van der Waals surface area (Å²) in [7, 11) is 0. The molecule has 0 aromatic rings. The van der Waals surface area contributed by atoms with Crippen molar-refractivity contribution in [3.8, 4) is 0 Å². The lowest BCUT2D eigenvalue weighted by Gasteiger charge is -2.31. The maximum atomic E-state index is 14.9. The zero-order valence-corrected chi connectivity index (χ0v) is 15.1. The van der Waals surface area contributed by atoms with E-state index in [9.17, 15) is 28.4 Å². The van der Waals surface area contributed by atoms with Gasteiger partial charge in [-0.1, -0.05) is 6.92 Å². The Bertz CT molecular complexity index is 520. The molecule has 0 rings (SSSR count). The van der Waals surface area contributed by atoms with E-state index in [4.69, 9.17) is 9.47 Å². The van der Waals surface area contributed by atoms with Crippen LogP contribution in [0.3, 0.4) is 0 Å². The first-order valence-electron chi connectivity index (χ1n) is 7.83. The molecular weight excluding hydrogens is 355 g/mol. The van der Waals surface area contributed by atoms with Gasteiger partial charge in [0, 0.05) is 20.8 Å². The highest BCUT2D eigenvalue weighted by Gasteiger charge is 2.42. The van der Waals surface area contributed by atoms with Gasteiger partial charge in [-0.2, -0.15) is 0 Å². The number of carbonyl (C=O) groups excluding carboxylic acids is 5. The van der Waals surface area contributed by atoms with Crippen LogP contribution in [0.5, 0.6) is 0 Å². The van der Waals surface area contributed by atoms with Gasteiger partial charge in [-0.05, 0) is 6.42 Å². The van der Waals surface area contributed by atoms with E-state index in [0.717, 1.165) is 20.8 Å². The Morgan fingerprint density at radius 1 is 1.00 bits per heavy atom. The molecule has 0 aliphatic carbocycles. The van der Waals surface area contributed by atoms with Gasteiger partial charge in [0.1, 0.15) is 18.8 Å². The minimum atomic E-state index is -2.07. The second-order valence-electron chi connectivity index (χ2n) is 5.36. The van der Waals surface area contributed by atoms with Gasteiger partial charge in [0.05, 0.1) is 5.92 Å². The Labute approximate surface area is 150 Å². The third kappa shape index (κ3) is 8.54. The van der Waals surface area contributed by atoms with Crippen molar-refractivity contribution >= 4 is 30.2 Å². The summed E-state index contributed by atoms with van der Waals surface area (Å²) in [6.07, 6.45) is -5.04. The molecule has 148 valence electrons. The second-order valence-corrected chi connectivity index (χ2v) is 5.36. The van der Waals surface area contributed by atoms with Crippen molar-refractivity contribution in [3.05, 3.63) is 0 Å². The molecule has 26 heavy (non-hydrogen) atoms. The van der Waals surface area contributed by atoms with Crippen molar-refractivity contribution in [2.75, 3.05) is 13.2 Å². The van der Waals surface area contributed by atoms with Gasteiger partial charge < -0.3 is 18.9 Å². The Hall–Kier alpha value is -2.52. The zero-order valence-electron chi connectivity index (χ0n) is 15.1. The number of halogens is 1. The summed E-state index contributed by atoms with van der Waals surface area (Å²) < 4.78 is 33.8. The smallest absolute Gasteiger partial charge is 0.303 e. The number of ether oxygens (including phenoxy) is 4. The van der Waals surface area contributed by atoms with Crippen LogP contribution in [-0.2, 0) is 42.9 Å². The first kappa shape index (κ1) is 23.5. The van der Waals surface area contributed by atoms with Gasteiger partial charge >= 0.3 is 17.9 Å². The fourth-order valence-corrected chi connectivity index (χ4v) is 2.15. The molecule has 10 heteroatoms. The van der Waals surface area contributed by atoms with Crippen LogP contribution in [0, 0.1) is 5.92 Å². The number of hydrogen-bond donors (Lipinski definition) is 0. The Balaban J connectivity index is 5.60. The fourth-order valence-electron chi connectivity index (χ4n) is 2.15. The molecular formula is C16H23FO9. The lowest BCUT2D eigenvalue weighted by Crippen LogP contribution is -2.48. The van der Waals surface area contributed by atoms with Crippen LogP contribution < -0.4 is 0 Å². The highest BCUT2D eigenvalue weighted by molar-refractivity contribution is 5.85. The van der Waals surface area contributed by atoms with Crippen molar-refractivity contribution in [1.29, 1.82) is 0 Å². The molecule has 0 saturated heterocycles. The minimum absolute atomic E-state index is 0.0353.